The molecule has 7 heteroatoms. The van der Waals surface area contributed by atoms with E-state index >= 15 is 0 Å². The molecule has 0 spiro atoms. The van der Waals surface area contributed by atoms with Gasteiger partial charge < -0.3 is 5.32 Å². The minimum absolute atomic E-state index is 0.114. The molecular weight excluding hydrogens is 326 g/mol. The number of amides is 1. The van der Waals surface area contributed by atoms with Crippen LogP contribution in [0.3, 0.4) is 0 Å². The van der Waals surface area contributed by atoms with Gasteiger partial charge in [-0.25, -0.2) is 4.98 Å². The number of nitrogens with one attached hydrogen (secondary N) is 1. The first-order chi connectivity index (χ1) is 9.45. The predicted octanol–water partition coefficient (Wildman–Crippen LogP) is 3.31. The Morgan fingerprint density at radius 1 is 1.35 bits per heavy atom. The van der Waals surface area contributed by atoms with Crippen molar-refractivity contribution in [1.82, 2.24) is 4.98 Å². The van der Waals surface area contributed by atoms with Crippen LogP contribution in [0.2, 0.25) is 0 Å². The highest BCUT2D eigenvalue weighted by atomic mass is 79.9. The van der Waals surface area contributed by atoms with Crippen LogP contribution < -0.4 is 5.32 Å². The first-order valence-electron chi connectivity index (χ1n) is 5.65. The molecule has 1 aromatic heterocycles. The lowest BCUT2D eigenvalue weighted by Crippen LogP contribution is -2.13. The molecule has 1 heterocycles. The second-order valence-corrected chi connectivity index (χ2v) is 5.04. The molecule has 2 rings (SSSR count). The van der Waals surface area contributed by atoms with Crippen LogP contribution in [0.25, 0.3) is 0 Å². The standard InChI is InChI=1S/C13H10BrN3O3/c1-8-4-9(6-11(5-8)17(19)20)13(18)16-12-7-10(14)2-3-15-12/h2-7H,1H3,(H,15,16,18). The van der Waals surface area contributed by atoms with Crippen LogP contribution in [0, 0.1) is 17.0 Å². The van der Waals surface area contributed by atoms with Crippen LogP contribution in [0.1, 0.15) is 15.9 Å². The van der Waals surface area contributed by atoms with Gasteiger partial charge in [-0.05, 0) is 30.7 Å². The van der Waals surface area contributed by atoms with Crippen LogP contribution in [0.5, 0.6) is 0 Å². The van der Waals surface area contributed by atoms with Gasteiger partial charge in [0.25, 0.3) is 11.6 Å². The molecule has 1 amide bonds. The average molecular weight is 336 g/mol. The van der Waals surface area contributed by atoms with Gasteiger partial charge in [0.15, 0.2) is 0 Å². The Kier molecular flexibility index (Phi) is 4.09. The zero-order valence-corrected chi connectivity index (χ0v) is 12.0. The van der Waals surface area contributed by atoms with Crippen LogP contribution in [-0.4, -0.2) is 15.8 Å². The number of carbonyl (C=O) groups excluding carboxylic acids is 1. The molecule has 6 nitrogen and oxygen atoms in total. The summed E-state index contributed by atoms with van der Waals surface area (Å²) in [4.78, 5) is 26.3. The number of aromatic nitrogens is 1. The minimum atomic E-state index is -0.527. The number of benzene rings is 1. The van der Waals surface area contributed by atoms with E-state index in [0.717, 1.165) is 4.47 Å². The number of rotatable bonds is 3. The summed E-state index contributed by atoms with van der Waals surface area (Å²) < 4.78 is 0.776. The van der Waals surface area contributed by atoms with E-state index in [2.05, 4.69) is 26.2 Å². The Balaban J connectivity index is 2.27. The van der Waals surface area contributed by atoms with E-state index in [4.69, 9.17) is 0 Å². The van der Waals surface area contributed by atoms with E-state index in [1.54, 1.807) is 31.3 Å². The predicted molar refractivity (Wildman–Crippen MR) is 77.7 cm³/mol. The fourth-order valence-electron chi connectivity index (χ4n) is 1.66. The Labute approximate surface area is 123 Å². The molecule has 0 bridgehead atoms. The molecule has 0 saturated carbocycles. The van der Waals surface area contributed by atoms with E-state index in [-0.39, 0.29) is 11.3 Å². The Morgan fingerprint density at radius 3 is 2.75 bits per heavy atom. The van der Waals surface area contributed by atoms with Crippen LogP contribution in [0.4, 0.5) is 11.5 Å². The summed E-state index contributed by atoms with van der Waals surface area (Å²) in [5, 5.41) is 13.4. The third-order valence-corrected chi connectivity index (χ3v) is 2.99. The van der Waals surface area contributed by atoms with Crippen molar-refractivity contribution in [3.8, 4) is 0 Å². The van der Waals surface area contributed by atoms with Crippen LogP contribution in [0.15, 0.2) is 41.0 Å². The molecule has 0 radical (unpaired) electrons. The molecule has 0 aliphatic rings. The number of nitrogens with zero attached hydrogens (tertiary/aromatic N) is 2. The Hall–Kier alpha value is -2.28. The van der Waals surface area contributed by atoms with E-state index in [0.29, 0.717) is 11.4 Å². The van der Waals surface area contributed by atoms with Crippen molar-refractivity contribution < 1.29 is 9.72 Å². The number of aryl methyl sites for hydroxylation is 1. The molecule has 2 aromatic rings. The molecule has 1 aromatic carbocycles. The quantitative estimate of drug-likeness (QED) is 0.688. The van der Waals surface area contributed by atoms with Crippen molar-refractivity contribution in [1.29, 1.82) is 0 Å². The number of halogens is 1. The number of nitro benzene ring substituents is 1. The Bertz CT molecular complexity index is 688. The molecule has 0 unspecified atom stereocenters. The number of hydrogen-bond acceptors (Lipinski definition) is 4. The number of non-ortho nitro benzene ring substituents is 1. The van der Waals surface area contributed by atoms with Gasteiger partial charge in [-0.1, -0.05) is 15.9 Å². The zero-order valence-electron chi connectivity index (χ0n) is 10.5. The summed E-state index contributed by atoms with van der Waals surface area (Å²) in [5.74, 6) is -0.0732. The minimum Gasteiger partial charge on any atom is -0.307 e. The van der Waals surface area contributed by atoms with Gasteiger partial charge in [0.2, 0.25) is 0 Å². The van der Waals surface area contributed by atoms with Crippen LogP contribution in [-0.2, 0) is 0 Å². The monoisotopic (exact) mass is 335 g/mol. The zero-order chi connectivity index (χ0) is 14.7. The molecule has 0 fully saturated rings. The molecular formula is C13H10BrN3O3. The van der Waals surface area contributed by atoms with E-state index < -0.39 is 10.8 Å². The van der Waals surface area contributed by atoms with Gasteiger partial charge in [-0.15, -0.1) is 0 Å². The van der Waals surface area contributed by atoms with Gasteiger partial charge in [0, 0.05) is 28.4 Å². The third kappa shape index (κ3) is 3.39. The van der Waals surface area contributed by atoms with E-state index in [9.17, 15) is 14.9 Å². The Morgan fingerprint density at radius 2 is 2.10 bits per heavy atom. The average Bonchev–Trinajstić information content (AvgIpc) is 2.37. The summed E-state index contributed by atoms with van der Waals surface area (Å²) in [6.07, 6.45) is 1.54. The smallest absolute Gasteiger partial charge is 0.270 e. The number of pyridine rings is 1. The first-order valence-corrected chi connectivity index (χ1v) is 6.44. The SMILES string of the molecule is Cc1cc(C(=O)Nc2cc(Br)ccn2)cc([N+](=O)[O-])c1. The number of anilines is 1. The molecule has 102 valence electrons. The molecule has 1 N–H and O–H groups in total. The van der Waals surface area contributed by atoms with Gasteiger partial charge >= 0.3 is 0 Å². The highest BCUT2D eigenvalue weighted by molar-refractivity contribution is 9.10. The molecule has 0 atom stereocenters. The second-order valence-electron chi connectivity index (χ2n) is 4.13. The van der Waals surface area contributed by atoms with Crippen molar-refractivity contribution in [3.63, 3.8) is 0 Å². The number of hydrogen-bond donors (Lipinski definition) is 1. The number of nitro groups is 1. The highest BCUT2D eigenvalue weighted by Crippen LogP contribution is 2.18. The number of carbonyl (C=O) groups is 1. The van der Waals surface area contributed by atoms with E-state index in [1.807, 2.05) is 0 Å². The lowest BCUT2D eigenvalue weighted by Gasteiger charge is -2.05. The van der Waals surface area contributed by atoms with Crippen molar-refractivity contribution >= 4 is 33.3 Å². The summed E-state index contributed by atoms with van der Waals surface area (Å²) >= 11 is 3.27. The van der Waals surface area contributed by atoms with Gasteiger partial charge in [-0.3, -0.25) is 14.9 Å². The lowest BCUT2D eigenvalue weighted by atomic mass is 10.1. The maximum atomic E-state index is 12.1. The van der Waals surface area contributed by atoms with Crippen molar-refractivity contribution in [2.24, 2.45) is 0 Å². The second kappa shape index (κ2) is 5.79. The maximum Gasteiger partial charge on any atom is 0.270 e. The van der Waals surface area contributed by atoms with E-state index in [1.165, 1.54) is 12.1 Å². The third-order valence-electron chi connectivity index (χ3n) is 2.50. The molecule has 20 heavy (non-hydrogen) atoms. The summed E-state index contributed by atoms with van der Waals surface area (Å²) in [6.45, 7) is 1.70. The van der Waals surface area contributed by atoms with Gasteiger partial charge in [0.05, 0.1) is 4.92 Å². The normalized spacial score (nSPS) is 10.1. The first kappa shape index (κ1) is 14.1. The highest BCUT2D eigenvalue weighted by Gasteiger charge is 2.13. The molecule has 0 aliphatic heterocycles. The summed E-state index contributed by atoms with van der Waals surface area (Å²) in [6, 6.07) is 7.60. The maximum absolute atomic E-state index is 12.1. The van der Waals surface area contributed by atoms with Crippen molar-refractivity contribution in [2.45, 2.75) is 6.92 Å². The molecule has 0 aliphatic carbocycles. The van der Waals surface area contributed by atoms with Crippen LogP contribution >= 0.6 is 15.9 Å². The summed E-state index contributed by atoms with van der Waals surface area (Å²) in [7, 11) is 0. The van der Waals surface area contributed by atoms with Gasteiger partial charge in [-0.2, -0.15) is 0 Å². The van der Waals surface area contributed by atoms with Gasteiger partial charge in [0.1, 0.15) is 5.82 Å². The summed E-state index contributed by atoms with van der Waals surface area (Å²) in [5.41, 5.74) is 0.752. The lowest BCUT2D eigenvalue weighted by molar-refractivity contribution is -0.384. The van der Waals surface area contributed by atoms with Crippen molar-refractivity contribution in [2.75, 3.05) is 5.32 Å². The molecule has 0 saturated heterocycles. The fourth-order valence-corrected chi connectivity index (χ4v) is 2.00. The topological polar surface area (TPSA) is 85.1 Å². The van der Waals surface area contributed by atoms with Crippen molar-refractivity contribution in [3.05, 3.63) is 62.2 Å². The largest absolute Gasteiger partial charge is 0.307 e. The fraction of sp³-hybridized carbons (Fsp3) is 0.0769.